The summed E-state index contributed by atoms with van der Waals surface area (Å²) in [5.41, 5.74) is 4.65. The van der Waals surface area contributed by atoms with Gasteiger partial charge in [0.1, 0.15) is 0 Å². The predicted octanol–water partition coefficient (Wildman–Crippen LogP) is 4.02. The van der Waals surface area contributed by atoms with Crippen molar-refractivity contribution in [2.45, 2.75) is 18.8 Å². The molecule has 0 atom stereocenters. The first-order valence-corrected chi connectivity index (χ1v) is 10.7. The lowest BCUT2D eigenvalue weighted by atomic mass is 9.88. The van der Waals surface area contributed by atoms with Gasteiger partial charge >= 0.3 is 0 Å². The number of carbonyl (C=O) groups excluding carboxylic acids is 1. The third-order valence-corrected chi connectivity index (χ3v) is 5.83. The number of aromatic nitrogens is 5. The van der Waals surface area contributed by atoms with Gasteiger partial charge in [-0.3, -0.25) is 19.7 Å². The van der Waals surface area contributed by atoms with Crippen molar-refractivity contribution in [2.24, 2.45) is 0 Å². The number of likely N-dealkylation sites (tertiary alicyclic amines) is 1. The van der Waals surface area contributed by atoms with E-state index < -0.39 is 0 Å². The standard InChI is InChI=1S/C25H22N6O/c32-25(21-2-1-9-28-16-21)31-14-7-19(8-15-31)23-22(18-3-10-26-11-4-18)17-29-24(30-23)20-5-12-27-13-6-20/h1-6,9-13,16-17,19H,7-8,14-15H2. The molecule has 7 nitrogen and oxygen atoms in total. The maximum Gasteiger partial charge on any atom is 0.255 e. The Morgan fingerprint density at radius 3 is 2.16 bits per heavy atom. The molecule has 158 valence electrons. The molecule has 0 radical (unpaired) electrons. The maximum absolute atomic E-state index is 12.8. The van der Waals surface area contributed by atoms with E-state index in [0.29, 0.717) is 24.5 Å². The smallest absolute Gasteiger partial charge is 0.255 e. The number of rotatable bonds is 4. The van der Waals surface area contributed by atoms with Crippen LogP contribution < -0.4 is 0 Å². The lowest BCUT2D eigenvalue weighted by Crippen LogP contribution is -2.38. The molecule has 0 aromatic carbocycles. The zero-order valence-electron chi connectivity index (χ0n) is 17.5. The van der Waals surface area contributed by atoms with Crippen LogP contribution in [0.25, 0.3) is 22.5 Å². The molecule has 0 unspecified atom stereocenters. The Labute approximate surface area is 186 Å². The van der Waals surface area contributed by atoms with Crippen LogP contribution in [-0.4, -0.2) is 48.8 Å². The average Bonchev–Trinajstić information content (AvgIpc) is 2.89. The summed E-state index contributed by atoms with van der Waals surface area (Å²) in [6.07, 6.45) is 14.0. The van der Waals surface area contributed by atoms with Crippen LogP contribution in [0.1, 0.15) is 34.8 Å². The normalized spacial score (nSPS) is 14.3. The van der Waals surface area contributed by atoms with Crippen molar-refractivity contribution in [1.29, 1.82) is 0 Å². The van der Waals surface area contributed by atoms with Crippen LogP contribution in [0.4, 0.5) is 0 Å². The van der Waals surface area contributed by atoms with Gasteiger partial charge in [-0.05, 0) is 54.8 Å². The third-order valence-electron chi connectivity index (χ3n) is 5.83. The molecule has 0 aliphatic carbocycles. The van der Waals surface area contributed by atoms with E-state index in [2.05, 4.69) is 19.9 Å². The predicted molar refractivity (Wildman–Crippen MR) is 121 cm³/mol. The molecule has 7 heteroatoms. The first-order valence-electron chi connectivity index (χ1n) is 10.7. The third kappa shape index (κ3) is 4.09. The molecular formula is C25H22N6O. The fourth-order valence-corrected chi connectivity index (χ4v) is 4.13. The minimum absolute atomic E-state index is 0.0334. The quantitative estimate of drug-likeness (QED) is 0.494. The molecule has 0 saturated carbocycles. The Hall–Kier alpha value is -4.00. The second kappa shape index (κ2) is 9.01. The molecule has 1 saturated heterocycles. The Morgan fingerprint density at radius 1 is 0.812 bits per heavy atom. The highest BCUT2D eigenvalue weighted by molar-refractivity contribution is 5.93. The fourth-order valence-electron chi connectivity index (χ4n) is 4.13. The van der Waals surface area contributed by atoms with Gasteiger partial charge in [0.2, 0.25) is 0 Å². The average molecular weight is 422 g/mol. The monoisotopic (exact) mass is 422 g/mol. The zero-order chi connectivity index (χ0) is 21.8. The van der Waals surface area contributed by atoms with E-state index in [4.69, 9.17) is 4.98 Å². The highest BCUT2D eigenvalue weighted by atomic mass is 16.2. The van der Waals surface area contributed by atoms with Gasteiger partial charge in [-0.25, -0.2) is 9.97 Å². The van der Waals surface area contributed by atoms with Crippen LogP contribution in [0.3, 0.4) is 0 Å². The van der Waals surface area contributed by atoms with E-state index in [1.165, 1.54) is 0 Å². The number of nitrogens with zero attached hydrogens (tertiary/aromatic N) is 6. The minimum Gasteiger partial charge on any atom is -0.339 e. The van der Waals surface area contributed by atoms with Crippen molar-refractivity contribution < 1.29 is 4.79 Å². The van der Waals surface area contributed by atoms with Gasteiger partial charge in [-0.1, -0.05) is 0 Å². The van der Waals surface area contributed by atoms with Crippen LogP contribution in [0, 0.1) is 0 Å². The number of piperidine rings is 1. The van der Waals surface area contributed by atoms with Crippen molar-refractivity contribution in [3.63, 3.8) is 0 Å². The molecule has 0 N–H and O–H groups in total. The van der Waals surface area contributed by atoms with Crippen LogP contribution in [-0.2, 0) is 0 Å². The van der Waals surface area contributed by atoms with Crippen LogP contribution in [0.2, 0.25) is 0 Å². The summed E-state index contributed by atoms with van der Waals surface area (Å²) < 4.78 is 0. The van der Waals surface area contributed by atoms with Crippen molar-refractivity contribution in [3.8, 4) is 22.5 Å². The lowest BCUT2D eigenvalue weighted by molar-refractivity contribution is 0.0712. The molecule has 0 bridgehead atoms. The number of carbonyl (C=O) groups is 1. The summed E-state index contributed by atoms with van der Waals surface area (Å²) in [4.78, 5) is 36.7. The molecular weight excluding hydrogens is 400 g/mol. The van der Waals surface area contributed by atoms with Crippen molar-refractivity contribution in [2.75, 3.05) is 13.1 Å². The minimum atomic E-state index is 0.0334. The van der Waals surface area contributed by atoms with E-state index in [9.17, 15) is 4.79 Å². The van der Waals surface area contributed by atoms with E-state index in [0.717, 1.165) is 35.2 Å². The Kier molecular flexibility index (Phi) is 5.61. The Bertz CT molecular complexity index is 1190. The van der Waals surface area contributed by atoms with Crippen molar-refractivity contribution >= 4 is 5.91 Å². The Balaban J connectivity index is 1.43. The van der Waals surface area contributed by atoms with Crippen LogP contribution >= 0.6 is 0 Å². The summed E-state index contributed by atoms with van der Waals surface area (Å²) in [5.74, 6) is 0.958. The van der Waals surface area contributed by atoms with Crippen LogP contribution in [0.5, 0.6) is 0 Å². The first kappa shape index (κ1) is 19.9. The SMILES string of the molecule is O=C(c1cccnc1)N1CCC(c2nc(-c3ccncc3)ncc2-c2ccncc2)CC1. The number of hydrogen-bond acceptors (Lipinski definition) is 6. The van der Waals surface area contributed by atoms with E-state index in [1.54, 1.807) is 43.2 Å². The molecule has 1 aliphatic rings. The summed E-state index contributed by atoms with van der Waals surface area (Å²) in [7, 11) is 0. The summed E-state index contributed by atoms with van der Waals surface area (Å²) in [5, 5.41) is 0. The first-order chi connectivity index (χ1) is 15.8. The van der Waals surface area contributed by atoms with E-state index in [-0.39, 0.29) is 11.8 Å². The summed E-state index contributed by atoms with van der Waals surface area (Å²) >= 11 is 0. The van der Waals surface area contributed by atoms with Crippen molar-refractivity contribution in [1.82, 2.24) is 29.8 Å². The van der Waals surface area contributed by atoms with Gasteiger partial charge in [0.15, 0.2) is 5.82 Å². The van der Waals surface area contributed by atoms with Crippen molar-refractivity contribution in [3.05, 3.63) is 91.0 Å². The summed E-state index contributed by atoms with van der Waals surface area (Å²) in [6, 6.07) is 11.4. The second-order valence-corrected chi connectivity index (χ2v) is 7.77. The molecule has 1 fully saturated rings. The molecule has 4 aromatic rings. The number of hydrogen-bond donors (Lipinski definition) is 0. The highest BCUT2D eigenvalue weighted by Gasteiger charge is 2.28. The maximum atomic E-state index is 12.8. The lowest BCUT2D eigenvalue weighted by Gasteiger charge is -2.32. The second-order valence-electron chi connectivity index (χ2n) is 7.77. The molecule has 5 heterocycles. The van der Waals surface area contributed by atoms with Gasteiger partial charge in [-0.2, -0.15) is 0 Å². The van der Waals surface area contributed by atoms with Gasteiger partial charge in [-0.15, -0.1) is 0 Å². The molecule has 1 amide bonds. The molecule has 4 aromatic heterocycles. The van der Waals surface area contributed by atoms with E-state index in [1.807, 2.05) is 41.4 Å². The molecule has 32 heavy (non-hydrogen) atoms. The highest BCUT2D eigenvalue weighted by Crippen LogP contribution is 2.35. The number of pyridine rings is 3. The van der Waals surface area contributed by atoms with Gasteiger partial charge in [0.05, 0.1) is 11.3 Å². The largest absolute Gasteiger partial charge is 0.339 e. The molecule has 0 spiro atoms. The van der Waals surface area contributed by atoms with Gasteiger partial charge in [0.25, 0.3) is 5.91 Å². The molecule has 5 rings (SSSR count). The molecule has 1 aliphatic heterocycles. The zero-order valence-corrected chi connectivity index (χ0v) is 17.5. The van der Waals surface area contributed by atoms with Crippen LogP contribution in [0.15, 0.2) is 79.8 Å². The van der Waals surface area contributed by atoms with Gasteiger partial charge < -0.3 is 4.90 Å². The Morgan fingerprint density at radius 2 is 1.50 bits per heavy atom. The van der Waals surface area contributed by atoms with E-state index >= 15 is 0 Å². The fraction of sp³-hybridized carbons (Fsp3) is 0.200. The summed E-state index contributed by atoms with van der Waals surface area (Å²) in [6.45, 7) is 1.37. The number of amides is 1. The van der Waals surface area contributed by atoms with Gasteiger partial charge in [0, 0.05) is 73.5 Å². The topological polar surface area (TPSA) is 84.8 Å².